The summed E-state index contributed by atoms with van der Waals surface area (Å²) in [5.74, 6) is 0.159. The fourth-order valence-corrected chi connectivity index (χ4v) is 3.49. The minimum atomic E-state index is -4.20. The van der Waals surface area contributed by atoms with E-state index < -0.39 is 22.7 Å². The van der Waals surface area contributed by atoms with Crippen LogP contribution in [0.25, 0.3) is 0 Å². The zero-order valence-corrected chi connectivity index (χ0v) is 12.0. The monoisotopic (exact) mass is 322 g/mol. The van der Waals surface area contributed by atoms with Crippen molar-refractivity contribution in [1.29, 1.82) is 0 Å². The van der Waals surface area contributed by atoms with Gasteiger partial charge in [-0.1, -0.05) is 0 Å². The van der Waals surface area contributed by atoms with E-state index in [1.807, 2.05) is 0 Å². The van der Waals surface area contributed by atoms with Crippen molar-refractivity contribution < 1.29 is 21.6 Å². The fourth-order valence-electron chi connectivity index (χ4n) is 2.04. The number of hydrogen-bond acceptors (Lipinski definition) is 3. The molecule has 0 bridgehead atoms. The molecule has 0 aliphatic carbocycles. The quantitative estimate of drug-likeness (QED) is 0.721. The molecule has 1 saturated heterocycles. The minimum absolute atomic E-state index is 0.0461. The summed E-state index contributed by atoms with van der Waals surface area (Å²) in [4.78, 5) is 1.30. The highest BCUT2D eigenvalue weighted by atomic mass is 35.5. The van der Waals surface area contributed by atoms with Crippen molar-refractivity contribution >= 4 is 21.6 Å². The Balaban J connectivity index is 2.29. The van der Waals surface area contributed by atoms with E-state index in [4.69, 9.17) is 11.6 Å². The van der Waals surface area contributed by atoms with E-state index >= 15 is 0 Å². The molecule has 1 rings (SSSR count). The summed E-state index contributed by atoms with van der Waals surface area (Å²) in [5.41, 5.74) is 0. The van der Waals surface area contributed by atoms with Crippen LogP contribution < -0.4 is 4.72 Å². The first kappa shape index (κ1) is 17.0. The number of nitrogens with zero attached hydrogens (tertiary/aromatic N) is 1. The van der Waals surface area contributed by atoms with Gasteiger partial charge in [0.2, 0.25) is 10.0 Å². The highest BCUT2D eigenvalue weighted by Crippen LogP contribution is 2.22. The standard InChI is InChI=1S/C10H18ClF3N2O2S/c11-3-1-5-19(17,18)15-6-9-2-4-16(7-9)8-10(12,13)14/h9,15H,1-8H2. The molecule has 1 heterocycles. The van der Waals surface area contributed by atoms with E-state index in [0.29, 0.717) is 19.4 Å². The smallest absolute Gasteiger partial charge is 0.295 e. The SMILES string of the molecule is O=S(=O)(CCCCl)NCC1CCN(CC(F)(F)F)C1. The van der Waals surface area contributed by atoms with Crippen molar-refractivity contribution in [2.75, 3.05) is 37.8 Å². The van der Waals surface area contributed by atoms with Gasteiger partial charge in [-0.25, -0.2) is 13.1 Å². The molecule has 0 radical (unpaired) electrons. The Hall–Kier alpha value is -0.0500. The van der Waals surface area contributed by atoms with Crippen LogP contribution in [0.1, 0.15) is 12.8 Å². The first-order chi connectivity index (χ1) is 8.72. The summed E-state index contributed by atoms with van der Waals surface area (Å²) in [6, 6.07) is 0. The maximum Gasteiger partial charge on any atom is 0.401 e. The Morgan fingerprint density at radius 2 is 2.05 bits per heavy atom. The lowest BCUT2D eigenvalue weighted by Gasteiger charge is -2.18. The predicted octanol–water partition coefficient (Wildman–Crippen LogP) is 1.42. The molecule has 1 unspecified atom stereocenters. The summed E-state index contributed by atoms with van der Waals surface area (Å²) in [6.07, 6.45) is -3.26. The molecule has 114 valence electrons. The summed E-state index contributed by atoms with van der Waals surface area (Å²) in [6.45, 7) is -0.105. The Bertz CT molecular complexity index is 375. The average Bonchev–Trinajstić information content (AvgIpc) is 2.69. The van der Waals surface area contributed by atoms with Gasteiger partial charge in [0.25, 0.3) is 0 Å². The molecule has 0 spiro atoms. The van der Waals surface area contributed by atoms with E-state index in [9.17, 15) is 21.6 Å². The predicted molar refractivity (Wildman–Crippen MR) is 67.7 cm³/mol. The Labute approximate surface area is 116 Å². The van der Waals surface area contributed by atoms with Gasteiger partial charge in [0, 0.05) is 19.0 Å². The third-order valence-electron chi connectivity index (χ3n) is 2.91. The van der Waals surface area contributed by atoms with Crippen LogP contribution in [0.5, 0.6) is 0 Å². The normalized spacial score (nSPS) is 22.0. The van der Waals surface area contributed by atoms with Crippen molar-refractivity contribution in [3.05, 3.63) is 0 Å². The lowest BCUT2D eigenvalue weighted by Crippen LogP contribution is -2.35. The van der Waals surface area contributed by atoms with Crippen LogP contribution in [0, 0.1) is 5.92 Å². The molecule has 1 atom stereocenters. The molecular formula is C10H18ClF3N2O2S. The first-order valence-corrected chi connectivity index (χ1v) is 8.23. The van der Waals surface area contributed by atoms with Crippen molar-refractivity contribution in [3.8, 4) is 0 Å². The molecule has 0 saturated carbocycles. The number of sulfonamides is 1. The molecule has 0 amide bonds. The lowest BCUT2D eigenvalue weighted by atomic mass is 10.1. The van der Waals surface area contributed by atoms with Crippen LogP contribution in [0.15, 0.2) is 0 Å². The van der Waals surface area contributed by atoms with Crippen LogP contribution in [0.3, 0.4) is 0 Å². The summed E-state index contributed by atoms with van der Waals surface area (Å²) in [5, 5.41) is 0. The largest absolute Gasteiger partial charge is 0.401 e. The molecule has 0 aromatic heterocycles. The Morgan fingerprint density at radius 3 is 2.63 bits per heavy atom. The van der Waals surface area contributed by atoms with Gasteiger partial charge in [-0.05, 0) is 25.3 Å². The maximum absolute atomic E-state index is 12.2. The van der Waals surface area contributed by atoms with E-state index in [2.05, 4.69) is 4.72 Å². The second-order valence-corrected chi connectivity index (χ2v) is 7.02. The minimum Gasteiger partial charge on any atom is -0.295 e. The molecule has 1 aliphatic rings. The molecular weight excluding hydrogens is 305 g/mol. The molecule has 1 aliphatic heterocycles. The average molecular weight is 323 g/mol. The molecule has 1 N–H and O–H groups in total. The van der Waals surface area contributed by atoms with E-state index in [1.165, 1.54) is 4.90 Å². The number of alkyl halides is 4. The molecule has 0 aromatic carbocycles. The number of halogens is 4. The zero-order chi connectivity index (χ0) is 14.5. The Morgan fingerprint density at radius 1 is 1.37 bits per heavy atom. The third kappa shape index (κ3) is 7.34. The molecule has 4 nitrogen and oxygen atoms in total. The second-order valence-electron chi connectivity index (χ2n) is 4.71. The van der Waals surface area contributed by atoms with Crippen molar-refractivity contribution in [3.63, 3.8) is 0 Å². The van der Waals surface area contributed by atoms with Gasteiger partial charge in [0.15, 0.2) is 0 Å². The zero-order valence-electron chi connectivity index (χ0n) is 10.4. The van der Waals surface area contributed by atoms with Crippen LogP contribution in [-0.4, -0.2) is 57.3 Å². The number of nitrogens with one attached hydrogen (secondary N) is 1. The number of hydrogen-bond donors (Lipinski definition) is 1. The number of likely N-dealkylation sites (tertiary alicyclic amines) is 1. The van der Waals surface area contributed by atoms with Crippen LogP contribution in [0.4, 0.5) is 13.2 Å². The summed E-state index contributed by atoms with van der Waals surface area (Å²) >= 11 is 5.41. The van der Waals surface area contributed by atoms with Gasteiger partial charge in [-0.3, -0.25) is 4.90 Å². The van der Waals surface area contributed by atoms with Crippen molar-refractivity contribution in [1.82, 2.24) is 9.62 Å². The highest BCUT2D eigenvalue weighted by Gasteiger charge is 2.34. The fraction of sp³-hybridized carbons (Fsp3) is 1.00. The van der Waals surface area contributed by atoms with Gasteiger partial charge in [-0.15, -0.1) is 11.6 Å². The van der Waals surface area contributed by atoms with Crippen LogP contribution in [0.2, 0.25) is 0 Å². The summed E-state index contributed by atoms with van der Waals surface area (Å²) < 4.78 is 62.0. The summed E-state index contributed by atoms with van der Waals surface area (Å²) in [7, 11) is -3.36. The van der Waals surface area contributed by atoms with E-state index in [-0.39, 0.29) is 30.6 Å². The third-order valence-corrected chi connectivity index (χ3v) is 4.61. The van der Waals surface area contributed by atoms with Gasteiger partial charge in [0.05, 0.1) is 12.3 Å². The molecule has 1 fully saturated rings. The van der Waals surface area contributed by atoms with Gasteiger partial charge >= 0.3 is 6.18 Å². The van der Waals surface area contributed by atoms with Gasteiger partial charge < -0.3 is 0 Å². The molecule has 19 heavy (non-hydrogen) atoms. The first-order valence-electron chi connectivity index (χ1n) is 6.04. The molecule has 0 aromatic rings. The Kier molecular flexibility index (Phi) is 6.35. The number of rotatable bonds is 7. The van der Waals surface area contributed by atoms with Crippen LogP contribution >= 0.6 is 11.6 Å². The van der Waals surface area contributed by atoms with E-state index in [1.54, 1.807) is 0 Å². The highest BCUT2D eigenvalue weighted by molar-refractivity contribution is 7.89. The van der Waals surface area contributed by atoms with Gasteiger partial charge in [-0.2, -0.15) is 13.2 Å². The lowest BCUT2D eigenvalue weighted by molar-refractivity contribution is -0.143. The maximum atomic E-state index is 12.2. The van der Waals surface area contributed by atoms with Crippen molar-refractivity contribution in [2.24, 2.45) is 5.92 Å². The van der Waals surface area contributed by atoms with Crippen LogP contribution in [-0.2, 0) is 10.0 Å². The topological polar surface area (TPSA) is 49.4 Å². The van der Waals surface area contributed by atoms with Gasteiger partial charge in [0.1, 0.15) is 0 Å². The second kappa shape index (κ2) is 7.10. The van der Waals surface area contributed by atoms with Crippen molar-refractivity contribution in [2.45, 2.75) is 19.0 Å². The van der Waals surface area contributed by atoms with E-state index in [0.717, 1.165) is 0 Å². The molecule has 9 heteroatoms.